The van der Waals surface area contributed by atoms with Gasteiger partial charge < -0.3 is 16.0 Å². The second kappa shape index (κ2) is 10.1. The number of carbonyl (C=O) groups excluding carboxylic acids is 2. The van der Waals surface area contributed by atoms with Crippen LogP contribution in [0.1, 0.15) is 59.8 Å². The first-order chi connectivity index (χ1) is 10.4. The maximum absolute atomic E-state index is 12.6. The number of nitrogens with one attached hydrogen (secondary N) is 1. The first kappa shape index (κ1) is 22.2. The minimum Gasteiger partial charge on any atom is -0.349 e. The fourth-order valence-electron chi connectivity index (χ4n) is 3.01. The van der Waals surface area contributed by atoms with Crippen LogP contribution in [0.25, 0.3) is 0 Å². The lowest BCUT2D eigenvalue weighted by atomic mass is 9.90. The Hall–Kier alpha value is -0.810. The summed E-state index contributed by atoms with van der Waals surface area (Å²) in [7, 11) is 0. The summed E-state index contributed by atoms with van der Waals surface area (Å²) >= 11 is 0. The standard InChI is InChI=1S/C17H33N3O2.ClH/c1-5-13(4)16(22)20-10-8-9-14(11-20)15(21)19-17(6-2,7-3)12-18;/h13-14H,5-12,18H2,1-4H3,(H,19,21);1H. The number of piperidine rings is 1. The highest BCUT2D eigenvalue weighted by Crippen LogP contribution is 2.21. The predicted molar refractivity (Wildman–Crippen MR) is 96.5 cm³/mol. The molecule has 0 radical (unpaired) electrons. The summed E-state index contributed by atoms with van der Waals surface area (Å²) in [6.07, 6.45) is 4.24. The van der Waals surface area contributed by atoms with Gasteiger partial charge in [0.25, 0.3) is 0 Å². The molecule has 136 valence electrons. The van der Waals surface area contributed by atoms with Gasteiger partial charge in [-0.3, -0.25) is 9.59 Å². The third-order valence-corrected chi connectivity index (χ3v) is 5.27. The number of hydrogen-bond donors (Lipinski definition) is 2. The van der Waals surface area contributed by atoms with Gasteiger partial charge in [0.2, 0.25) is 11.8 Å². The van der Waals surface area contributed by atoms with Crippen LogP contribution in [-0.4, -0.2) is 41.9 Å². The van der Waals surface area contributed by atoms with Crippen molar-refractivity contribution in [3.63, 3.8) is 0 Å². The molecule has 1 rings (SSSR count). The maximum Gasteiger partial charge on any atom is 0.225 e. The topological polar surface area (TPSA) is 75.4 Å². The molecule has 1 fully saturated rings. The van der Waals surface area contributed by atoms with Crippen LogP contribution in [-0.2, 0) is 9.59 Å². The Morgan fingerprint density at radius 2 is 1.91 bits per heavy atom. The minimum absolute atomic E-state index is 0. The summed E-state index contributed by atoms with van der Waals surface area (Å²) in [5, 5.41) is 3.15. The van der Waals surface area contributed by atoms with Gasteiger partial charge in [-0.25, -0.2) is 0 Å². The molecule has 0 aliphatic carbocycles. The van der Waals surface area contributed by atoms with E-state index in [9.17, 15) is 9.59 Å². The highest BCUT2D eigenvalue weighted by Gasteiger charge is 2.33. The molecule has 1 aliphatic heterocycles. The van der Waals surface area contributed by atoms with E-state index in [1.54, 1.807) is 0 Å². The Morgan fingerprint density at radius 3 is 2.39 bits per heavy atom. The molecule has 1 saturated heterocycles. The highest BCUT2D eigenvalue weighted by atomic mass is 35.5. The van der Waals surface area contributed by atoms with E-state index in [0.717, 1.165) is 38.6 Å². The predicted octanol–water partition coefficient (Wildman–Crippen LogP) is 2.33. The van der Waals surface area contributed by atoms with Crippen LogP contribution in [0.5, 0.6) is 0 Å². The number of hydrogen-bond acceptors (Lipinski definition) is 3. The van der Waals surface area contributed by atoms with Crippen LogP contribution in [0, 0.1) is 11.8 Å². The summed E-state index contributed by atoms with van der Waals surface area (Å²) in [5.74, 6) is 0.161. The van der Waals surface area contributed by atoms with Crippen molar-refractivity contribution in [1.29, 1.82) is 0 Å². The molecule has 1 aliphatic rings. The van der Waals surface area contributed by atoms with E-state index in [0.29, 0.717) is 13.1 Å². The summed E-state index contributed by atoms with van der Waals surface area (Å²) < 4.78 is 0. The zero-order valence-corrected chi connectivity index (χ0v) is 15.9. The van der Waals surface area contributed by atoms with Crippen LogP contribution < -0.4 is 11.1 Å². The second-order valence-corrected chi connectivity index (χ2v) is 6.61. The van der Waals surface area contributed by atoms with Crippen LogP contribution >= 0.6 is 12.4 Å². The SMILES string of the molecule is CCC(C)C(=O)N1CCCC(C(=O)NC(CC)(CC)CN)C1.Cl. The molecule has 0 spiro atoms. The summed E-state index contributed by atoms with van der Waals surface area (Å²) in [5.41, 5.74) is 5.56. The van der Waals surface area contributed by atoms with E-state index >= 15 is 0 Å². The number of amides is 2. The lowest BCUT2D eigenvalue weighted by Gasteiger charge is -2.37. The molecule has 0 aromatic rings. The molecule has 0 bridgehead atoms. The second-order valence-electron chi connectivity index (χ2n) is 6.61. The van der Waals surface area contributed by atoms with Crippen molar-refractivity contribution in [1.82, 2.24) is 10.2 Å². The minimum atomic E-state index is -0.305. The Kier molecular flexibility index (Phi) is 9.78. The van der Waals surface area contributed by atoms with Gasteiger partial charge in [0.15, 0.2) is 0 Å². The highest BCUT2D eigenvalue weighted by molar-refractivity contribution is 5.85. The molecule has 0 aromatic heterocycles. The molecule has 2 atom stereocenters. The lowest BCUT2D eigenvalue weighted by molar-refractivity contribution is -0.139. The molecular formula is C17H34ClN3O2. The van der Waals surface area contributed by atoms with E-state index in [1.165, 1.54) is 0 Å². The number of carbonyl (C=O) groups is 2. The van der Waals surface area contributed by atoms with Crippen LogP contribution in [0.15, 0.2) is 0 Å². The lowest BCUT2D eigenvalue weighted by Crippen LogP contribution is -2.56. The van der Waals surface area contributed by atoms with Crippen molar-refractivity contribution in [3.8, 4) is 0 Å². The first-order valence-electron chi connectivity index (χ1n) is 8.73. The average Bonchev–Trinajstić information content (AvgIpc) is 2.58. The molecule has 0 aromatic carbocycles. The van der Waals surface area contributed by atoms with Gasteiger partial charge >= 0.3 is 0 Å². The normalized spacial score (nSPS) is 19.7. The zero-order valence-electron chi connectivity index (χ0n) is 15.1. The van der Waals surface area contributed by atoms with Crippen molar-refractivity contribution >= 4 is 24.2 Å². The van der Waals surface area contributed by atoms with Gasteiger partial charge in [0, 0.05) is 25.6 Å². The third-order valence-electron chi connectivity index (χ3n) is 5.27. The molecular weight excluding hydrogens is 314 g/mol. The molecule has 23 heavy (non-hydrogen) atoms. The van der Waals surface area contributed by atoms with E-state index in [4.69, 9.17) is 5.73 Å². The van der Waals surface area contributed by atoms with Gasteiger partial charge in [-0.15, -0.1) is 12.4 Å². The summed E-state index contributed by atoms with van der Waals surface area (Å²) in [6, 6.07) is 0. The number of rotatable bonds is 7. The Labute approximate surface area is 147 Å². The quantitative estimate of drug-likeness (QED) is 0.742. The Morgan fingerprint density at radius 1 is 1.30 bits per heavy atom. The molecule has 2 amide bonds. The molecule has 3 N–H and O–H groups in total. The summed E-state index contributed by atoms with van der Waals surface area (Å²) in [4.78, 5) is 26.8. The molecule has 2 unspecified atom stereocenters. The smallest absolute Gasteiger partial charge is 0.225 e. The molecule has 0 saturated carbocycles. The van der Waals surface area contributed by atoms with Gasteiger partial charge in [-0.1, -0.05) is 27.7 Å². The van der Waals surface area contributed by atoms with Crippen molar-refractivity contribution in [2.45, 2.75) is 65.3 Å². The van der Waals surface area contributed by atoms with E-state index in [2.05, 4.69) is 19.2 Å². The monoisotopic (exact) mass is 347 g/mol. The van der Waals surface area contributed by atoms with Gasteiger partial charge in [-0.2, -0.15) is 0 Å². The number of nitrogens with zero attached hydrogens (tertiary/aromatic N) is 1. The number of likely N-dealkylation sites (tertiary alicyclic amines) is 1. The van der Waals surface area contributed by atoms with Gasteiger partial charge in [0.1, 0.15) is 0 Å². The molecule has 5 nitrogen and oxygen atoms in total. The Bertz CT molecular complexity index is 378. The largest absolute Gasteiger partial charge is 0.349 e. The third kappa shape index (κ3) is 5.64. The van der Waals surface area contributed by atoms with Crippen LogP contribution in [0.3, 0.4) is 0 Å². The number of nitrogens with two attached hydrogens (primary N) is 1. The molecule has 6 heteroatoms. The van der Waals surface area contributed by atoms with Crippen molar-refractivity contribution < 1.29 is 9.59 Å². The fraction of sp³-hybridized carbons (Fsp3) is 0.882. The fourth-order valence-corrected chi connectivity index (χ4v) is 3.01. The molecule has 1 heterocycles. The summed E-state index contributed by atoms with van der Waals surface area (Å²) in [6.45, 7) is 9.86. The van der Waals surface area contributed by atoms with Crippen molar-refractivity contribution in [2.75, 3.05) is 19.6 Å². The van der Waals surface area contributed by atoms with Crippen LogP contribution in [0.4, 0.5) is 0 Å². The van der Waals surface area contributed by atoms with E-state index in [-0.39, 0.29) is 41.6 Å². The number of halogens is 1. The van der Waals surface area contributed by atoms with Crippen LogP contribution in [0.2, 0.25) is 0 Å². The van der Waals surface area contributed by atoms with Gasteiger partial charge in [0.05, 0.1) is 11.5 Å². The van der Waals surface area contributed by atoms with Crippen molar-refractivity contribution in [3.05, 3.63) is 0 Å². The van der Waals surface area contributed by atoms with E-state index < -0.39 is 0 Å². The van der Waals surface area contributed by atoms with Gasteiger partial charge in [-0.05, 0) is 32.1 Å². The average molecular weight is 348 g/mol. The maximum atomic E-state index is 12.6. The zero-order chi connectivity index (χ0) is 16.8. The Balaban J connectivity index is 0.00000484. The van der Waals surface area contributed by atoms with E-state index in [1.807, 2.05) is 18.7 Å². The first-order valence-corrected chi connectivity index (χ1v) is 8.73. The van der Waals surface area contributed by atoms with Crippen molar-refractivity contribution in [2.24, 2.45) is 17.6 Å².